The van der Waals surface area contributed by atoms with E-state index in [0.717, 1.165) is 23.3 Å². The molecule has 0 spiro atoms. The number of nitrogens with one attached hydrogen (secondary N) is 3. The van der Waals surface area contributed by atoms with Crippen molar-refractivity contribution in [2.24, 2.45) is 0 Å². The number of carbonyl (C=O) groups excluding carboxylic acids is 1. The molecule has 5 heterocycles. The van der Waals surface area contributed by atoms with Crippen LogP contribution in [-0.4, -0.2) is 121 Å². The molecule has 3 aromatic heterocycles. The Balaban J connectivity index is 0.000000215. The summed E-state index contributed by atoms with van der Waals surface area (Å²) in [5.74, 6) is -0.502. The zero-order valence-electron chi connectivity index (χ0n) is 45.2. The predicted molar refractivity (Wildman–Crippen MR) is 294 cm³/mol. The molecule has 8 N–H and O–H groups in total. The first-order valence-corrected chi connectivity index (χ1v) is 26.4. The highest BCUT2D eigenvalue weighted by Gasteiger charge is 2.43. The second-order valence-electron chi connectivity index (χ2n) is 19.6. The van der Waals surface area contributed by atoms with Gasteiger partial charge in [0.2, 0.25) is 11.7 Å². The zero-order chi connectivity index (χ0) is 56.8. The van der Waals surface area contributed by atoms with Crippen molar-refractivity contribution in [3.05, 3.63) is 137 Å². The number of nitrogens with zero attached hydrogens (tertiary/aromatic N) is 6. The summed E-state index contributed by atoms with van der Waals surface area (Å²) in [7, 11) is -0.521. The number of rotatable bonds is 18. The molecule has 1 fully saturated rings. The Morgan fingerprint density at radius 3 is 2.22 bits per heavy atom. The van der Waals surface area contributed by atoms with E-state index in [9.17, 15) is 24.0 Å². The second-order valence-corrected chi connectivity index (χ2v) is 20.8. The highest BCUT2D eigenvalue weighted by Crippen LogP contribution is 2.42. The van der Waals surface area contributed by atoms with Crippen LogP contribution in [0.1, 0.15) is 81.5 Å². The molecule has 0 aliphatic carbocycles. The van der Waals surface area contributed by atoms with E-state index >= 15 is 0 Å². The van der Waals surface area contributed by atoms with E-state index in [0.29, 0.717) is 40.6 Å². The summed E-state index contributed by atoms with van der Waals surface area (Å²) in [6, 6.07) is 25.7. The van der Waals surface area contributed by atoms with Crippen LogP contribution in [-0.2, 0) is 20.5 Å². The number of pyridine rings is 2. The van der Waals surface area contributed by atoms with Crippen LogP contribution in [0.15, 0.2) is 103 Å². The third-order valence-electron chi connectivity index (χ3n) is 12.0. The number of likely N-dealkylation sites (tertiary alicyclic amines) is 1. The summed E-state index contributed by atoms with van der Waals surface area (Å²) < 4.78 is 52.1. The molecule has 6 aromatic rings. The number of amides is 1. The lowest BCUT2D eigenvalue weighted by Crippen LogP contribution is -2.53. The first-order chi connectivity index (χ1) is 37.0. The number of halogens is 1. The molecular formula is C55H69FN9O12P. The van der Waals surface area contributed by atoms with Crippen LogP contribution in [0.2, 0.25) is 0 Å². The molecule has 21 nitrogen and oxygen atoms in total. The van der Waals surface area contributed by atoms with Gasteiger partial charge in [0.15, 0.2) is 40.3 Å². The fraction of sp³-hybridized carbons (Fsp3) is 0.364. The number of hydrogen-bond acceptors (Lipinski definition) is 18. The third-order valence-corrected chi connectivity index (χ3v) is 12.5. The van der Waals surface area contributed by atoms with E-state index in [4.69, 9.17) is 33.8 Å². The fourth-order valence-corrected chi connectivity index (χ4v) is 8.23. The number of aromatic nitrogens is 4. The number of ether oxygens (including phenoxy) is 4. The molecule has 1 atom stereocenters. The molecule has 3 aromatic carbocycles. The fourth-order valence-electron chi connectivity index (χ4n) is 7.96. The number of phosphoric acid groups is 1. The minimum absolute atomic E-state index is 0.00747. The lowest BCUT2D eigenvalue weighted by Gasteiger charge is -2.37. The quantitative estimate of drug-likeness (QED) is 0.0376. The first kappa shape index (κ1) is 60.0. The molecule has 8 rings (SSSR count). The van der Waals surface area contributed by atoms with Crippen molar-refractivity contribution in [2.75, 3.05) is 69.8 Å². The number of aliphatic hydroxyl groups is 2. The number of fused-ring (bicyclic) bond motifs is 1. The first-order valence-electron chi connectivity index (χ1n) is 24.9. The van der Waals surface area contributed by atoms with Gasteiger partial charge in [0, 0.05) is 53.8 Å². The SMILES string of the molecule is CC(C)(C)NCC(O)c1ccc(O)c(CO)c1.COc1cc(Nc2ncc(F)c(Nc3ccc4c(n3)N(COP(=O)(O)O)C(=O)C(C)(C)O4)n2)cc(OC)c1OC.Cc1ccc(/C(=C\CN2CCCC2)c2ccccn2)cc1. The minimum Gasteiger partial charge on any atom is -0.508 e. The number of benzene rings is 3. The Morgan fingerprint density at radius 2 is 1.62 bits per heavy atom. The Bertz CT molecular complexity index is 3020. The largest absolute Gasteiger partial charge is 0.508 e. The summed E-state index contributed by atoms with van der Waals surface area (Å²) in [4.78, 5) is 51.5. The Kier molecular flexibility index (Phi) is 20.7. The van der Waals surface area contributed by atoms with Crippen LogP contribution in [0.5, 0.6) is 28.7 Å². The van der Waals surface area contributed by atoms with Gasteiger partial charge in [-0.3, -0.25) is 24.1 Å². The minimum atomic E-state index is -4.91. The van der Waals surface area contributed by atoms with Crippen LogP contribution in [0.4, 0.5) is 33.5 Å². The van der Waals surface area contributed by atoms with E-state index < -0.39 is 38.0 Å². The molecule has 23 heteroatoms. The number of aryl methyl sites for hydroxylation is 1. The van der Waals surface area contributed by atoms with E-state index in [1.165, 1.54) is 96.0 Å². The van der Waals surface area contributed by atoms with E-state index in [2.05, 4.69) is 94.7 Å². The van der Waals surface area contributed by atoms with Gasteiger partial charge >= 0.3 is 7.82 Å². The molecule has 0 saturated carbocycles. The van der Waals surface area contributed by atoms with Gasteiger partial charge in [0.05, 0.1) is 45.9 Å². The summed E-state index contributed by atoms with van der Waals surface area (Å²) in [6.45, 7) is 14.0. The lowest BCUT2D eigenvalue weighted by atomic mass is 10.0. The summed E-state index contributed by atoms with van der Waals surface area (Å²) in [6.07, 6.45) is 7.14. The average Bonchev–Trinajstić information content (AvgIpc) is 3.99. The van der Waals surface area contributed by atoms with Gasteiger partial charge in [-0.25, -0.2) is 18.9 Å². The standard InChI is InChI=1S/C23H26FN6O9P.C19H22N2.C13H21NO3/c1-23(2)21(31)30(11-38-40(32,33)34)20-14(39-23)6-7-17(28-20)27-19-13(24)10-25-22(29-19)26-12-8-15(35-3)18(37-5)16(9-12)36-4;1-16-7-9-17(10-8-16)18(19-6-2-3-12-20-19)11-15-21-13-4-5-14-21;1-13(2,3)14-7-12(17)9-4-5-11(16)10(6-9)8-15/h6-10H,11H2,1-5H3,(H2,32,33,34)(H2,25,26,27,28,29);2-3,6-12H,4-5,13-15H2,1H3;4-6,12,14-17H,7-8H2,1-3H3/b;18-11+;. The summed E-state index contributed by atoms with van der Waals surface area (Å²) in [5.41, 5.74) is 4.98. The highest BCUT2D eigenvalue weighted by molar-refractivity contribution is 7.46. The van der Waals surface area contributed by atoms with Gasteiger partial charge in [-0.15, -0.1) is 0 Å². The van der Waals surface area contributed by atoms with Crippen molar-refractivity contribution in [2.45, 2.75) is 78.2 Å². The number of β-amino-alcohol motifs (C(OH)–C–C–N with tert-alkyl or cyclic N) is 1. The maximum absolute atomic E-state index is 14.7. The molecular weight excluding hydrogens is 1030 g/mol. The summed E-state index contributed by atoms with van der Waals surface area (Å²) in [5, 5.41) is 37.2. The lowest BCUT2D eigenvalue weighted by molar-refractivity contribution is -0.133. The number of methoxy groups -OCH3 is 3. The van der Waals surface area contributed by atoms with Crippen LogP contribution >= 0.6 is 7.82 Å². The van der Waals surface area contributed by atoms with Gasteiger partial charge in [-0.2, -0.15) is 4.98 Å². The van der Waals surface area contributed by atoms with Crippen molar-refractivity contribution < 1.29 is 62.3 Å². The third kappa shape index (κ3) is 16.9. The number of phenols is 1. The number of phosphoric ester groups is 1. The average molecular weight is 1100 g/mol. The van der Waals surface area contributed by atoms with Crippen molar-refractivity contribution in [1.29, 1.82) is 0 Å². The Labute approximate surface area is 453 Å². The van der Waals surface area contributed by atoms with Gasteiger partial charge in [0.25, 0.3) is 5.91 Å². The predicted octanol–water partition coefficient (Wildman–Crippen LogP) is 8.32. The monoisotopic (exact) mass is 1100 g/mol. The molecule has 418 valence electrons. The Hall–Kier alpha value is -7.27. The highest BCUT2D eigenvalue weighted by atomic mass is 31.2. The van der Waals surface area contributed by atoms with Crippen molar-refractivity contribution in [1.82, 2.24) is 30.2 Å². The summed E-state index contributed by atoms with van der Waals surface area (Å²) >= 11 is 0. The zero-order valence-corrected chi connectivity index (χ0v) is 46.0. The molecule has 78 heavy (non-hydrogen) atoms. The smallest absolute Gasteiger partial charge is 0.471 e. The number of aliphatic hydroxyl groups excluding tert-OH is 2. The van der Waals surface area contributed by atoms with Crippen LogP contribution in [0.25, 0.3) is 5.57 Å². The molecule has 1 unspecified atom stereocenters. The second kappa shape index (κ2) is 26.9. The molecule has 0 radical (unpaired) electrons. The van der Waals surface area contributed by atoms with E-state index in [-0.39, 0.29) is 47.0 Å². The number of hydrogen-bond donors (Lipinski definition) is 8. The molecule has 2 aliphatic heterocycles. The maximum Gasteiger partial charge on any atom is 0.471 e. The van der Waals surface area contributed by atoms with E-state index in [1.807, 2.05) is 33.0 Å². The molecule has 1 saturated heterocycles. The normalized spacial score (nSPS) is 14.7. The number of anilines is 5. The molecule has 1 amide bonds. The van der Waals surface area contributed by atoms with Crippen LogP contribution in [0, 0.1) is 12.7 Å². The van der Waals surface area contributed by atoms with Crippen molar-refractivity contribution in [3.8, 4) is 28.7 Å². The van der Waals surface area contributed by atoms with Crippen molar-refractivity contribution >= 4 is 48.4 Å². The van der Waals surface area contributed by atoms with Crippen molar-refractivity contribution in [3.63, 3.8) is 0 Å². The Morgan fingerprint density at radius 1 is 0.923 bits per heavy atom. The van der Waals surface area contributed by atoms with Crippen LogP contribution < -0.4 is 39.8 Å². The van der Waals surface area contributed by atoms with Crippen LogP contribution in [0.3, 0.4) is 0 Å². The van der Waals surface area contributed by atoms with Gasteiger partial charge < -0.3 is 60.0 Å². The van der Waals surface area contributed by atoms with E-state index in [1.54, 1.807) is 24.3 Å². The number of aromatic hydroxyl groups is 1. The topological polar surface area (TPSA) is 276 Å². The molecule has 0 bridgehead atoms. The number of carbonyl (C=O) groups is 1. The molecule has 2 aliphatic rings. The van der Waals surface area contributed by atoms with Gasteiger partial charge in [-0.05, 0) is 115 Å². The van der Waals surface area contributed by atoms with Gasteiger partial charge in [0.1, 0.15) is 18.3 Å². The van der Waals surface area contributed by atoms with Gasteiger partial charge in [-0.1, -0.05) is 48.0 Å². The maximum atomic E-state index is 14.7.